The van der Waals surface area contributed by atoms with Crippen molar-refractivity contribution in [2.45, 2.75) is 77.4 Å². The van der Waals surface area contributed by atoms with E-state index in [2.05, 4.69) is 16.6 Å². The Morgan fingerprint density at radius 2 is 1.87 bits per heavy atom. The van der Waals surface area contributed by atoms with Crippen LogP contribution < -0.4 is 0 Å². The Balaban J connectivity index is 1.90. The summed E-state index contributed by atoms with van der Waals surface area (Å²) in [6.45, 7) is 3.95. The number of hydrogen-bond acceptors (Lipinski definition) is 5. The van der Waals surface area contributed by atoms with Gasteiger partial charge in [0, 0.05) is 24.2 Å². The fourth-order valence-corrected chi connectivity index (χ4v) is 4.17. The van der Waals surface area contributed by atoms with Crippen molar-refractivity contribution in [1.82, 2.24) is 0 Å². The summed E-state index contributed by atoms with van der Waals surface area (Å²) < 4.78 is 4.63. The molecule has 170 valence electrons. The first kappa shape index (κ1) is 25.1. The van der Waals surface area contributed by atoms with Crippen LogP contribution in [-0.2, 0) is 20.7 Å². The number of methoxy groups -OCH3 is 1. The fraction of sp³-hybridized carbons (Fsp3) is 0.615. The first-order chi connectivity index (χ1) is 14.7. The van der Waals surface area contributed by atoms with Crippen molar-refractivity contribution in [3.05, 3.63) is 35.9 Å². The minimum atomic E-state index is -0.852. The van der Waals surface area contributed by atoms with E-state index < -0.39 is 23.5 Å². The number of aliphatic hydroxyl groups is 2. The van der Waals surface area contributed by atoms with E-state index in [9.17, 15) is 19.8 Å². The molecular weight excluding hydrogens is 392 g/mol. The molecule has 0 aromatic heterocycles. The SMILES string of the molecule is COC(=O)CCCCCC[C@H]1C(=O)C[C@H](O)[C@@H]1C#C[C@H](O)C(C)(C)Cc1ccccc1. The highest BCUT2D eigenvalue weighted by atomic mass is 16.5. The number of ether oxygens (including phenoxy) is 1. The van der Waals surface area contributed by atoms with Crippen molar-refractivity contribution < 1.29 is 24.5 Å². The molecule has 0 heterocycles. The van der Waals surface area contributed by atoms with Gasteiger partial charge in [-0.1, -0.05) is 75.3 Å². The predicted octanol–water partition coefficient (Wildman–Crippen LogP) is 3.70. The number of hydrogen-bond donors (Lipinski definition) is 2. The third-order valence-electron chi connectivity index (χ3n) is 6.18. The minimum absolute atomic E-state index is 0.0550. The first-order valence-corrected chi connectivity index (χ1v) is 11.2. The molecule has 0 spiro atoms. The second kappa shape index (κ2) is 12.0. The van der Waals surface area contributed by atoms with Crippen LogP contribution >= 0.6 is 0 Å². The van der Waals surface area contributed by atoms with Crippen LogP contribution in [0.1, 0.15) is 64.4 Å². The normalized spacial score (nSPS) is 22.0. The molecule has 2 rings (SSSR count). The van der Waals surface area contributed by atoms with Crippen LogP contribution in [-0.4, -0.2) is 41.3 Å². The zero-order valence-electron chi connectivity index (χ0n) is 19.0. The van der Waals surface area contributed by atoms with Crippen molar-refractivity contribution in [2.24, 2.45) is 17.3 Å². The molecule has 4 atom stereocenters. The molecule has 1 aromatic rings. The molecule has 1 aliphatic carbocycles. The third kappa shape index (κ3) is 7.79. The molecule has 0 radical (unpaired) electrons. The van der Waals surface area contributed by atoms with E-state index in [1.165, 1.54) is 7.11 Å². The van der Waals surface area contributed by atoms with E-state index in [0.717, 1.165) is 31.2 Å². The lowest BCUT2D eigenvalue weighted by atomic mass is 9.80. The van der Waals surface area contributed by atoms with E-state index in [1.54, 1.807) is 0 Å². The molecule has 0 amide bonds. The lowest BCUT2D eigenvalue weighted by Gasteiger charge is -2.27. The Morgan fingerprint density at radius 1 is 1.19 bits per heavy atom. The van der Waals surface area contributed by atoms with E-state index in [1.807, 2.05) is 44.2 Å². The average Bonchev–Trinajstić information content (AvgIpc) is 3.01. The molecule has 1 fully saturated rings. The lowest BCUT2D eigenvalue weighted by Crippen LogP contribution is -2.30. The second-order valence-corrected chi connectivity index (χ2v) is 9.24. The zero-order valence-corrected chi connectivity index (χ0v) is 19.0. The van der Waals surface area contributed by atoms with Gasteiger partial charge in [-0.25, -0.2) is 0 Å². The number of esters is 1. The molecule has 5 nitrogen and oxygen atoms in total. The Kier molecular flexibility index (Phi) is 9.74. The highest BCUT2D eigenvalue weighted by Gasteiger charge is 2.40. The van der Waals surface area contributed by atoms with Crippen LogP contribution in [0.2, 0.25) is 0 Å². The van der Waals surface area contributed by atoms with Gasteiger partial charge in [-0.15, -0.1) is 0 Å². The van der Waals surface area contributed by atoms with Crippen LogP contribution in [0, 0.1) is 29.1 Å². The number of carbonyl (C=O) groups is 2. The number of ketones is 1. The summed E-state index contributed by atoms with van der Waals surface area (Å²) in [6, 6.07) is 9.98. The van der Waals surface area contributed by atoms with E-state index >= 15 is 0 Å². The minimum Gasteiger partial charge on any atom is -0.469 e. The summed E-state index contributed by atoms with van der Waals surface area (Å²) in [4.78, 5) is 23.5. The Morgan fingerprint density at radius 3 is 2.55 bits per heavy atom. The van der Waals surface area contributed by atoms with Crippen LogP contribution in [0.4, 0.5) is 0 Å². The van der Waals surface area contributed by atoms with Gasteiger partial charge in [0.2, 0.25) is 0 Å². The lowest BCUT2D eigenvalue weighted by molar-refractivity contribution is -0.140. The van der Waals surface area contributed by atoms with Crippen LogP contribution in [0.5, 0.6) is 0 Å². The molecule has 1 aliphatic rings. The molecule has 5 heteroatoms. The number of carbonyl (C=O) groups excluding carboxylic acids is 2. The summed E-state index contributed by atoms with van der Waals surface area (Å²) in [7, 11) is 1.39. The Hall–Kier alpha value is -2.16. The summed E-state index contributed by atoms with van der Waals surface area (Å²) in [5.74, 6) is 5.13. The van der Waals surface area contributed by atoms with E-state index in [0.29, 0.717) is 19.3 Å². The topological polar surface area (TPSA) is 83.8 Å². The number of benzene rings is 1. The summed E-state index contributed by atoms with van der Waals surface area (Å²) in [6.07, 6.45) is 3.75. The van der Waals surface area contributed by atoms with E-state index in [4.69, 9.17) is 0 Å². The third-order valence-corrected chi connectivity index (χ3v) is 6.18. The highest BCUT2D eigenvalue weighted by molar-refractivity contribution is 5.85. The summed E-state index contributed by atoms with van der Waals surface area (Å²) >= 11 is 0. The summed E-state index contributed by atoms with van der Waals surface area (Å²) in [5, 5.41) is 21.1. The number of unbranched alkanes of at least 4 members (excludes halogenated alkanes) is 3. The van der Waals surface area contributed by atoms with Gasteiger partial charge in [0.05, 0.1) is 19.1 Å². The quantitative estimate of drug-likeness (QED) is 0.337. The molecule has 0 saturated heterocycles. The maximum atomic E-state index is 12.4. The van der Waals surface area contributed by atoms with E-state index in [-0.39, 0.29) is 24.1 Å². The Bertz CT molecular complexity index is 774. The van der Waals surface area contributed by atoms with Gasteiger partial charge < -0.3 is 14.9 Å². The molecular formula is C26H36O5. The molecule has 0 aliphatic heterocycles. The van der Waals surface area contributed by atoms with Gasteiger partial charge in [-0.05, 0) is 24.8 Å². The highest BCUT2D eigenvalue weighted by Crippen LogP contribution is 2.33. The van der Waals surface area contributed by atoms with Crippen molar-refractivity contribution in [3.8, 4) is 11.8 Å². The van der Waals surface area contributed by atoms with Gasteiger partial charge in [0.15, 0.2) is 0 Å². The molecule has 1 saturated carbocycles. The Labute approximate surface area is 186 Å². The van der Waals surface area contributed by atoms with Crippen LogP contribution in [0.25, 0.3) is 0 Å². The van der Waals surface area contributed by atoms with Crippen LogP contribution in [0.15, 0.2) is 30.3 Å². The molecule has 1 aromatic carbocycles. The van der Waals surface area contributed by atoms with Crippen molar-refractivity contribution in [1.29, 1.82) is 0 Å². The maximum Gasteiger partial charge on any atom is 0.305 e. The first-order valence-electron chi connectivity index (χ1n) is 11.2. The van der Waals surface area contributed by atoms with Crippen molar-refractivity contribution >= 4 is 11.8 Å². The van der Waals surface area contributed by atoms with Crippen LogP contribution in [0.3, 0.4) is 0 Å². The predicted molar refractivity (Wildman–Crippen MR) is 120 cm³/mol. The molecule has 0 bridgehead atoms. The maximum absolute atomic E-state index is 12.4. The van der Waals surface area contributed by atoms with Gasteiger partial charge in [0.25, 0.3) is 0 Å². The average molecular weight is 429 g/mol. The van der Waals surface area contributed by atoms with Gasteiger partial charge in [-0.3, -0.25) is 9.59 Å². The molecule has 31 heavy (non-hydrogen) atoms. The monoisotopic (exact) mass is 428 g/mol. The molecule has 2 N–H and O–H groups in total. The second-order valence-electron chi connectivity index (χ2n) is 9.24. The van der Waals surface area contributed by atoms with Gasteiger partial charge in [0.1, 0.15) is 11.9 Å². The summed E-state index contributed by atoms with van der Waals surface area (Å²) in [5.41, 5.74) is 0.686. The van der Waals surface area contributed by atoms with Gasteiger partial charge >= 0.3 is 5.97 Å². The molecule has 0 unspecified atom stereocenters. The zero-order chi connectivity index (χ0) is 22.9. The fourth-order valence-electron chi connectivity index (χ4n) is 4.17. The number of Topliss-reactive ketones (excluding diaryl/α,β-unsaturated/α-hetero) is 1. The number of rotatable bonds is 10. The number of aliphatic hydroxyl groups excluding tert-OH is 2. The smallest absolute Gasteiger partial charge is 0.305 e. The van der Waals surface area contributed by atoms with Crippen molar-refractivity contribution in [3.63, 3.8) is 0 Å². The largest absolute Gasteiger partial charge is 0.469 e. The van der Waals surface area contributed by atoms with Gasteiger partial charge in [-0.2, -0.15) is 0 Å². The van der Waals surface area contributed by atoms with Crippen molar-refractivity contribution in [2.75, 3.05) is 7.11 Å². The standard InChI is InChI=1S/C26H36O5/c1-26(2,18-19-11-7-6-8-12-19)24(29)16-15-21-20(22(27)17-23(21)28)13-9-4-5-10-14-25(30)31-3/h6-8,11-12,20-21,23-24,28-29H,4-5,9-10,13-14,17-18H2,1-3H3/t20-,21-,23+,24+/m1/s1.